The topological polar surface area (TPSA) is 72.5 Å². The molecule has 2 rings (SSSR count). The first-order valence-corrected chi connectivity index (χ1v) is 7.28. The molecule has 110 valence electrons. The Morgan fingerprint density at radius 1 is 1.35 bits per heavy atom. The van der Waals surface area contributed by atoms with E-state index >= 15 is 0 Å². The number of imidazole rings is 1. The zero-order chi connectivity index (χ0) is 14.9. The number of nitrogens with two attached hydrogens (primary N) is 1. The van der Waals surface area contributed by atoms with Crippen LogP contribution in [0, 0.1) is 19.8 Å². The van der Waals surface area contributed by atoms with E-state index in [1.165, 1.54) is 0 Å². The van der Waals surface area contributed by atoms with Crippen LogP contribution in [0.1, 0.15) is 50.4 Å². The highest BCUT2D eigenvalue weighted by molar-refractivity contribution is 5.64. The van der Waals surface area contributed by atoms with Crippen LogP contribution in [-0.4, -0.2) is 19.7 Å². The van der Waals surface area contributed by atoms with Crippen LogP contribution in [0.2, 0.25) is 0 Å². The maximum absolute atomic E-state index is 6.18. The van der Waals surface area contributed by atoms with Crippen molar-refractivity contribution in [1.29, 1.82) is 0 Å². The highest BCUT2D eigenvalue weighted by Crippen LogP contribution is 2.27. The van der Waals surface area contributed by atoms with E-state index in [0.717, 1.165) is 41.4 Å². The van der Waals surface area contributed by atoms with Crippen molar-refractivity contribution in [3.05, 3.63) is 23.4 Å². The van der Waals surface area contributed by atoms with Crippen molar-refractivity contribution in [3.8, 4) is 11.3 Å². The average Bonchev–Trinajstić information content (AvgIpc) is 2.93. The summed E-state index contributed by atoms with van der Waals surface area (Å²) in [5.74, 6) is 1.42. The largest absolute Gasteiger partial charge is 0.341 e. The van der Waals surface area contributed by atoms with E-state index in [1.807, 2.05) is 17.8 Å². The molecule has 0 aromatic carbocycles. The van der Waals surface area contributed by atoms with E-state index in [9.17, 15) is 0 Å². The molecule has 0 saturated heterocycles. The second-order valence-corrected chi connectivity index (χ2v) is 5.78. The number of nitrogens with zero attached hydrogens (tertiary/aromatic N) is 3. The van der Waals surface area contributed by atoms with Gasteiger partial charge in [0.1, 0.15) is 5.82 Å². The minimum absolute atomic E-state index is 0.0365. The summed E-state index contributed by atoms with van der Waals surface area (Å²) < 4.78 is 2.01. The summed E-state index contributed by atoms with van der Waals surface area (Å²) in [6.45, 7) is 11.4. The standard InChI is InChI=1S/C15H25N5/c1-6-20-11(5)14(10(4)19-20)13-8-17-15(18-13)12(16)7-9(2)3/h8-9,12H,6-7,16H2,1-5H3,(H,17,18). The second-order valence-electron chi connectivity index (χ2n) is 5.78. The van der Waals surface area contributed by atoms with Crippen molar-refractivity contribution in [1.82, 2.24) is 19.7 Å². The van der Waals surface area contributed by atoms with Gasteiger partial charge in [-0.1, -0.05) is 13.8 Å². The molecular formula is C15H25N5. The van der Waals surface area contributed by atoms with Gasteiger partial charge in [-0.25, -0.2) is 4.98 Å². The number of rotatable bonds is 5. The van der Waals surface area contributed by atoms with Gasteiger partial charge >= 0.3 is 0 Å². The number of aryl methyl sites for hydroxylation is 2. The first-order valence-electron chi connectivity index (χ1n) is 7.28. The van der Waals surface area contributed by atoms with Crippen LogP contribution in [0.25, 0.3) is 11.3 Å². The van der Waals surface area contributed by atoms with Crippen molar-refractivity contribution in [3.63, 3.8) is 0 Å². The lowest BCUT2D eigenvalue weighted by Crippen LogP contribution is -2.14. The van der Waals surface area contributed by atoms with E-state index in [-0.39, 0.29) is 6.04 Å². The molecule has 5 heteroatoms. The Balaban J connectivity index is 2.31. The maximum atomic E-state index is 6.18. The minimum Gasteiger partial charge on any atom is -0.341 e. The fourth-order valence-electron chi connectivity index (χ4n) is 2.67. The van der Waals surface area contributed by atoms with Gasteiger partial charge in [0.2, 0.25) is 0 Å². The van der Waals surface area contributed by atoms with Crippen LogP contribution in [0.4, 0.5) is 0 Å². The summed E-state index contributed by atoms with van der Waals surface area (Å²) >= 11 is 0. The van der Waals surface area contributed by atoms with Crippen molar-refractivity contribution >= 4 is 0 Å². The molecule has 0 bridgehead atoms. The van der Waals surface area contributed by atoms with Gasteiger partial charge in [0.25, 0.3) is 0 Å². The highest BCUT2D eigenvalue weighted by atomic mass is 15.3. The predicted octanol–water partition coefficient (Wildman–Crippen LogP) is 2.96. The lowest BCUT2D eigenvalue weighted by molar-refractivity contribution is 0.496. The molecule has 3 N–H and O–H groups in total. The molecule has 0 radical (unpaired) electrons. The molecule has 0 saturated carbocycles. The molecular weight excluding hydrogens is 250 g/mol. The summed E-state index contributed by atoms with van der Waals surface area (Å²) in [6.07, 6.45) is 2.80. The van der Waals surface area contributed by atoms with Crippen LogP contribution < -0.4 is 5.73 Å². The number of hydrogen-bond acceptors (Lipinski definition) is 3. The zero-order valence-corrected chi connectivity index (χ0v) is 13.1. The summed E-state index contributed by atoms with van der Waals surface area (Å²) in [5.41, 5.74) is 10.5. The number of H-pyrrole nitrogens is 1. The van der Waals surface area contributed by atoms with E-state index in [1.54, 1.807) is 0 Å². The molecule has 5 nitrogen and oxygen atoms in total. The minimum atomic E-state index is -0.0365. The van der Waals surface area contributed by atoms with Crippen LogP contribution in [-0.2, 0) is 6.54 Å². The van der Waals surface area contributed by atoms with Crippen LogP contribution in [0.5, 0.6) is 0 Å². The Hall–Kier alpha value is -1.62. The van der Waals surface area contributed by atoms with Crippen molar-refractivity contribution in [2.24, 2.45) is 11.7 Å². The van der Waals surface area contributed by atoms with Crippen LogP contribution in [0.15, 0.2) is 6.20 Å². The first kappa shape index (κ1) is 14.8. The maximum Gasteiger partial charge on any atom is 0.123 e. The van der Waals surface area contributed by atoms with Gasteiger partial charge in [0.15, 0.2) is 0 Å². The number of aromatic amines is 1. The molecule has 0 aliphatic carbocycles. The molecule has 20 heavy (non-hydrogen) atoms. The zero-order valence-electron chi connectivity index (χ0n) is 13.1. The van der Waals surface area contributed by atoms with E-state index in [2.05, 4.69) is 42.8 Å². The third-order valence-electron chi connectivity index (χ3n) is 3.62. The quantitative estimate of drug-likeness (QED) is 0.881. The molecule has 2 aromatic heterocycles. The summed E-state index contributed by atoms with van der Waals surface area (Å²) in [5, 5.41) is 4.55. The molecule has 1 atom stereocenters. The molecule has 0 amide bonds. The normalized spacial score (nSPS) is 13.2. The van der Waals surface area contributed by atoms with Gasteiger partial charge < -0.3 is 10.7 Å². The summed E-state index contributed by atoms with van der Waals surface area (Å²) in [7, 11) is 0. The third kappa shape index (κ3) is 2.77. The Morgan fingerprint density at radius 3 is 2.60 bits per heavy atom. The molecule has 0 aliphatic heterocycles. The Kier molecular flexibility index (Phi) is 4.28. The third-order valence-corrected chi connectivity index (χ3v) is 3.62. The van der Waals surface area contributed by atoms with Gasteiger partial charge in [0, 0.05) is 17.8 Å². The van der Waals surface area contributed by atoms with Gasteiger partial charge in [-0.2, -0.15) is 5.10 Å². The van der Waals surface area contributed by atoms with Gasteiger partial charge in [-0.15, -0.1) is 0 Å². The lowest BCUT2D eigenvalue weighted by atomic mass is 10.0. The molecule has 0 spiro atoms. The van der Waals surface area contributed by atoms with Crippen LogP contribution in [0.3, 0.4) is 0 Å². The Labute approximate surface area is 120 Å². The average molecular weight is 275 g/mol. The SMILES string of the molecule is CCn1nc(C)c(-c2cnc(C(N)CC(C)C)[nH]2)c1C. The van der Waals surface area contributed by atoms with Gasteiger partial charge in [-0.3, -0.25) is 4.68 Å². The van der Waals surface area contributed by atoms with E-state index in [0.29, 0.717) is 5.92 Å². The van der Waals surface area contributed by atoms with Crippen molar-refractivity contribution < 1.29 is 0 Å². The first-order chi connectivity index (χ1) is 9.43. The van der Waals surface area contributed by atoms with Gasteiger partial charge in [0.05, 0.1) is 23.6 Å². The fourth-order valence-corrected chi connectivity index (χ4v) is 2.67. The number of aromatic nitrogens is 4. The van der Waals surface area contributed by atoms with E-state index in [4.69, 9.17) is 5.73 Å². The molecule has 2 heterocycles. The fraction of sp³-hybridized carbons (Fsp3) is 0.600. The lowest BCUT2D eigenvalue weighted by Gasteiger charge is -2.11. The second kappa shape index (κ2) is 5.79. The molecule has 0 aliphatic rings. The van der Waals surface area contributed by atoms with Crippen LogP contribution >= 0.6 is 0 Å². The van der Waals surface area contributed by atoms with Gasteiger partial charge in [-0.05, 0) is 33.1 Å². The summed E-state index contributed by atoms with van der Waals surface area (Å²) in [4.78, 5) is 7.81. The predicted molar refractivity (Wildman–Crippen MR) is 81.3 cm³/mol. The smallest absolute Gasteiger partial charge is 0.123 e. The van der Waals surface area contributed by atoms with E-state index < -0.39 is 0 Å². The Morgan fingerprint density at radius 2 is 2.05 bits per heavy atom. The van der Waals surface area contributed by atoms with Crippen molar-refractivity contribution in [2.75, 3.05) is 0 Å². The number of hydrogen-bond donors (Lipinski definition) is 2. The van der Waals surface area contributed by atoms with Crippen molar-refractivity contribution in [2.45, 2.75) is 53.6 Å². The monoisotopic (exact) mass is 275 g/mol. The highest BCUT2D eigenvalue weighted by Gasteiger charge is 2.17. The summed E-state index contributed by atoms with van der Waals surface area (Å²) in [6, 6.07) is -0.0365. The molecule has 2 aromatic rings. The molecule has 0 fully saturated rings. The Bertz CT molecular complexity index is 579. The molecule has 1 unspecified atom stereocenters. The number of nitrogens with one attached hydrogen (secondary N) is 1.